The normalized spacial score (nSPS) is 11.4. The zero-order valence-corrected chi connectivity index (χ0v) is 18.9. The van der Waals surface area contributed by atoms with Crippen LogP contribution in [0.4, 0.5) is 0 Å². The quantitative estimate of drug-likeness (QED) is 0.498. The van der Waals surface area contributed by atoms with Crippen molar-refractivity contribution in [3.8, 4) is 5.75 Å². The lowest BCUT2D eigenvalue weighted by Gasteiger charge is -2.31. The Balaban J connectivity index is 1.87. The van der Waals surface area contributed by atoms with Crippen molar-refractivity contribution in [3.63, 3.8) is 0 Å². The minimum Gasteiger partial charge on any atom is -0.484 e. The summed E-state index contributed by atoms with van der Waals surface area (Å²) in [4.78, 5) is 27.7. The molecule has 0 spiro atoms. The molecule has 0 saturated carbocycles. The van der Waals surface area contributed by atoms with Crippen LogP contribution in [0.5, 0.6) is 5.75 Å². The minimum atomic E-state index is -0.668. The highest BCUT2D eigenvalue weighted by Crippen LogP contribution is 2.18. The van der Waals surface area contributed by atoms with Gasteiger partial charge in [0, 0.05) is 24.5 Å². The molecule has 0 bridgehead atoms. The first-order valence-corrected chi connectivity index (χ1v) is 10.8. The van der Waals surface area contributed by atoms with E-state index in [-0.39, 0.29) is 18.4 Å². The van der Waals surface area contributed by atoms with Gasteiger partial charge in [0.05, 0.1) is 0 Å². The highest BCUT2D eigenvalue weighted by molar-refractivity contribution is 9.10. The van der Waals surface area contributed by atoms with Crippen molar-refractivity contribution in [2.45, 2.75) is 19.0 Å². The van der Waals surface area contributed by atoms with Gasteiger partial charge in [0.2, 0.25) is 5.91 Å². The monoisotopic (exact) mass is 480 g/mol. The number of rotatable bonds is 9. The van der Waals surface area contributed by atoms with Crippen molar-refractivity contribution >= 4 is 27.7 Å². The summed E-state index contributed by atoms with van der Waals surface area (Å²) in [5.74, 6) is 0.137. The van der Waals surface area contributed by atoms with E-state index in [1.807, 2.05) is 72.8 Å². The lowest BCUT2D eigenvalue weighted by molar-refractivity contribution is -0.142. The van der Waals surface area contributed by atoms with E-state index in [0.717, 1.165) is 15.6 Å². The number of hydrogen-bond donors (Lipinski definition) is 1. The van der Waals surface area contributed by atoms with Crippen LogP contribution < -0.4 is 10.1 Å². The SMILES string of the molecule is CNC(=O)C(Cc1ccccc1)N(Cc1cccc(Br)c1)C(=O)COc1ccccc1. The Morgan fingerprint density at radius 2 is 1.58 bits per heavy atom. The molecular formula is C25H25BrN2O3. The van der Waals surface area contributed by atoms with Crippen molar-refractivity contribution in [1.29, 1.82) is 0 Å². The molecular weight excluding hydrogens is 456 g/mol. The molecule has 0 saturated heterocycles. The molecule has 3 aromatic rings. The largest absolute Gasteiger partial charge is 0.484 e. The molecule has 0 aliphatic rings. The molecule has 0 aliphatic carbocycles. The van der Waals surface area contributed by atoms with Gasteiger partial charge in [-0.3, -0.25) is 9.59 Å². The van der Waals surface area contributed by atoms with Gasteiger partial charge in [-0.2, -0.15) is 0 Å². The number of carbonyl (C=O) groups excluding carboxylic acids is 2. The maximum Gasteiger partial charge on any atom is 0.261 e. The minimum absolute atomic E-state index is 0.152. The molecule has 3 rings (SSSR count). The van der Waals surface area contributed by atoms with Crippen LogP contribution in [0.15, 0.2) is 89.4 Å². The summed E-state index contributed by atoms with van der Waals surface area (Å²) in [6, 6.07) is 25.9. The molecule has 31 heavy (non-hydrogen) atoms. The van der Waals surface area contributed by atoms with Crippen LogP contribution in [0.2, 0.25) is 0 Å². The number of para-hydroxylation sites is 1. The van der Waals surface area contributed by atoms with Crippen molar-refractivity contribution in [3.05, 3.63) is 101 Å². The summed E-state index contributed by atoms with van der Waals surface area (Å²) in [7, 11) is 1.59. The highest BCUT2D eigenvalue weighted by atomic mass is 79.9. The van der Waals surface area contributed by atoms with Crippen LogP contribution in [0.25, 0.3) is 0 Å². The fourth-order valence-corrected chi connectivity index (χ4v) is 3.74. The molecule has 0 radical (unpaired) electrons. The van der Waals surface area contributed by atoms with Crippen LogP contribution in [0.1, 0.15) is 11.1 Å². The van der Waals surface area contributed by atoms with Crippen LogP contribution in [-0.4, -0.2) is 36.4 Å². The van der Waals surface area contributed by atoms with E-state index in [1.165, 1.54) is 0 Å². The van der Waals surface area contributed by atoms with Crippen molar-refractivity contribution < 1.29 is 14.3 Å². The zero-order chi connectivity index (χ0) is 22.1. The summed E-state index contributed by atoms with van der Waals surface area (Å²) < 4.78 is 6.61. The van der Waals surface area contributed by atoms with E-state index in [2.05, 4.69) is 21.2 Å². The van der Waals surface area contributed by atoms with Gasteiger partial charge in [0.1, 0.15) is 11.8 Å². The Morgan fingerprint density at radius 1 is 0.935 bits per heavy atom. The third kappa shape index (κ3) is 6.69. The van der Waals surface area contributed by atoms with Crippen molar-refractivity contribution in [2.75, 3.05) is 13.7 Å². The van der Waals surface area contributed by atoms with Gasteiger partial charge in [-0.05, 0) is 35.4 Å². The van der Waals surface area contributed by atoms with Crippen molar-refractivity contribution in [2.24, 2.45) is 0 Å². The summed E-state index contributed by atoms with van der Waals surface area (Å²) in [5.41, 5.74) is 1.90. The van der Waals surface area contributed by atoms with E-state index < -0.39 is 6.04 Å². The summed E-state index contributed by atoms with van der Waals surface area (Å²) in [6.07, 6.45) is 0.408. The van der Waals surface area contributed by atoms with Gasteiger partial charge in [-0.15, -0.1) is 0 Å². The summed E-state index contributed by atoms with van der Waals surface area (Å²) in [6.45, 7) is 0.141. The molecule has 1 atom stereocenters. The predicted molar refractivity (Wildman–Crippen MR) is 125 cm³/mol. The molecule has 3 aromatic carbocycles. The maximum atomic E-state index is 13.3. The standard InChI is InChI=1S/C25H25BrN2O3/c1-27-25(30)23(16-19-9-4-2-5-10-19)28(17-20-11-8-12-21(26)15-20)24(29)18-31-22-13-6-3-7-14-22/h2-15,23H,16-18H2,1H3,(H,27,30). The first-order chi connectivity index (χ1) is 15.1. The molecule has 0 aliphatic heterocycles. The van der Waals surface area contributed by atoms with E-state index >= 15 is 0 Å². The second-order valence-electron chi connectivity index (χ2n) is 7.07. The Labute approximate surface area is 191 Å². The molecule has 1 N–H and O–H groups in total. The van der Waals surface area contributed by atoms with Gasteiger partial charge in [-0.1, -0.05) is 76.6 Å². The number of amides is 2. The van der Waals surface area contributed by atoms with Crippen LogP contribution >= 0.6 is 15.9 Å². The number of carbonyl (C=O) groups is 2. The zero-order valence-electron chi connectivity index (χ0n) is 17.3. The lowest BCUT2D eigenvalue weighted by atomic mass is 10.0. The number of hydrogen-bond acceptors (Lipinski definition) is 3. The Hall–Kier alpha value is -3.12. The average molecular weight is 481 g/mol. The van der Waals surface area contributed by atoms with Crippen molar-refractivity contribution in [1.82, 2.24) is 10.2 Å². The first kappa shape index (κ1) is 22.6. The van der Waals surface area contributed by atoms with Crippen LogP contribution in [-0.2, 0) is 22.6 Å². The van der Waals surface area contributed by atoms with Crippen LogP contribution in [0, 0.1) is 0 Å². The second-order valence-corrected chi connectivity index (χ2v) is 7.99. The Kier molecular flexibility index (Phi) is 8.24. The predicted octanol–water partition coefficient (Wildman–Crippen LogP) is 4.21. The second kappa shape index (κ2) is 11.3. The number of likely N-dealkylation sites (N-methyl/N-ethyl adjacent to an activating group) is 1. The molecule has 160 valence electrons. The van der Waals surface area contributed by atoms with E-state index in [1.54, 1.807) is 24.1 Å². The molecule has 6 heteroatoms. The van der Waals surface area contributed by atoms with E-state index in [0.29, 0.717) is 18.7 Å². The number of halogens is 1. The smallest absolute Gasteiger partial charge is 0.261 e. The number of nitrogens with one attached hydrogen (secondary N) is 1. The topological polar surface area (TPSA) is 58.6 Å². The van der Waals surface area contributed by atoms with E-state index in [4.69, 9.17) is 4.74 Å². The lowest BCUT2D eigenvalue weighted by Crippen LogP contribution is -2.51. The fraction of sp³-hybridized carbons (Fsp3) is 0.200. The maximum absolute atomic E-state index is 13.3. The summed E-state index contributed by atoms with van der Waals surface area (Å²) >= 11 is 3.48. The molecule has 1 unspecified atom stereocenters. The average Bonchev–Trinajstić information content (AvgIpc) is 2.80. The molecule has 0 aromatic heterocycles. The number of benzene rings is 3. The third-order valence-corrected chi connectivity index (χ3v) is 5.36. The van der Waals surface area contributed by atoms with Crippen LogP contribution in [0.3, 0.4) is 0 Å². The molecule has 5 nitrogen and oxygen atoms in total. The van der Waals surface area contributed by atoms with Gasteiger partial charge in [-0.25, -0.2) is 0 Å². The summed E-state index contributed by atoms with van der Waals surface area (Å²) in [5, 5.41) is 2.71. The van der Waals surface area contributed by atoms with E-state index in [9.17, 15) is 9.59 Å². The van der Waals surface area contributed by atoms with Gasteiger partial charge >= 0.3 is 0 Å². The highest BCUT2D eigenvalue weighted by Gasteiger charge is 2.30. The molecule has 0 fully saturated rings. The number of ether oxygens (including phenoxy) is 1. The molecule has 0 heterocycles. The third-order valence-electron chi connectivity index (χ3n) is 4.86. The van der Waals surface area contributed by atoms with Gasteiger partial charge in [0.15, 0.2) is 6.61 Å². The number of nitrogens with zero attached hydrogens (tertiary/aromatic N) is 1. The molecule has 2 amide bonds. The Bertz CT molecular complexity index is 996. The fourth-order valence-electron chi connectivity index (χ4n) is 3.30. The first-order valence-electron chi connectivity index (χ1n) is 10.0. The van der Waals surface area contributed by atoms with Gasteiger partial charge in [0.25, 0.3) is 5.91 Å². The van der Waals surface area contributed by atoms with Gasteiger partial charge < -0.3 is 15.0 Å². The Morgan fingerprint density at radius 3 is 2.23 bits per heavy atom.